The SMILES string of the molecule is C/C=C(\CCC)c1ccc(C(OC(=O)CNC=O)(c2ccccc2)c2ccccc2Cl)cc1. The number of amides is 1. The molecule has 33 heavy (non-hydrogen) atoms. The van der Waals surface area contributed by atoms with E-state index in [-0.39, 0.29) is 6.54 Å². The maximum atomic E-state index is 12.9. The molecular weight excluding hydrogens is 434 g/mol. The number of allylic oxidation sites excluding steroid dienone is 2. The van der Waals surface area contributed by atoms with Crippen LogP contribution in [-0.4, -0.2) is 18.9 Å². The summed E-state index contributed by atoms with van der Waals surface area (Å²) < 4.78 is 6.19. The van der Waals surface area contributed by atoms with E-state index in [0.717, 1.165) is 29.5 Å². The Hall–Kier alpha value is -3.37. The van der Waals surface area contributed by atoms with Crippen LogP contribution in [-0.2, 0) is 19.9 Å². The summed E-state index contributed by atoms with van der Waals surface area (Å²) in [6, 6.07) is 24.9. The Kier molecular flexibility index (Phi) is 8.45. The van der Waals surface area contributed by atoms with Crippen molar-refractivity contribution in [3.63, 3.8) is 0 Å². The molecule has 0 fully saturated rings. The van der Waals surface area contributed by atoms with Gasteiger partial charge in [-0.25, -0.2) is 0 Å². The van der Waals surface area contributed by atoms with Gasteiger partial charge < -0.3 is 10.1 Å². The summed E-state index contributed by atoms with van der Waals surface area (Å²) in [4.78, 5) is 23.6. The molecule has 0 bridgehead atoms. The molecule has 3 rings (SSSR count). The Morgan fingerprint density at radius 3 is 2.21 bits per heavy atom. The molecule has 4 nitrogen and oxygen atoms in total. The summed E-state index contributed by atoms with van der Waals surface area (Å²) in [5, 5.41) is 2.86. The van der Waals surface area contributed by atoms with E-state index in [4.69, 9.17) is 16.3 Å². The Balaban J connectivity index is 2.24. The average Bonchev–Trinajstić information content (AvgIpc) is 2.86. The predicted octanol–water partition coefficient (Wildman–Crippen LogP) is 6.12. The van der Waals surface area contributed by atoms with Crippen molar-refractivity contribution < 1.29 is 14.3 Å². The summed E-state index contributed by atoms with van der Waals surface area (Å²) in [5.74, 6) is -0.574. The fourth-order valence-corrected chi connectivity index (χ4v) is 4.31. The Morgan fingerprint density at radius 1 is 0.970 bits per heavy atom. The van der Waals surface area contributed by atoms with Crippen molar-refractivity contribution in [2.75, 3.05) is 6.54 Å². The molecule has 1 amide bonds. The van der Waals surface area contributed by atoms with Crippen LogP contribution < -0.4 is 5.32 Å². The van der Waals surface area contributed by atoms with Crippen LogP contribution in [0.5, 0.6) is 0 Å². The van der Waals surface area contributed by atoms with Crippen molar-refractivity contribution in [1.29, 1.82) is 0 Å². The van der Waals surface area contributed by atoms with Gasteiger partial charge in [0.15, 0.2) is 5.60 Å². The molecule has 0 aliphatic heterocycles. The van der Waals surface area contributed by atoms with Gasteiger partial charge in [0.2, 0.25) is 6.41 Å². The fraction of sp³-hybridized carbons (Fsp3) is 0.214. The first-order valence-corrected chi connectivity index (χ1v) is 11.4. The maximum Gasteiger partial charge on any atom is 0.326 e. The standard InChI is InChI=1S/C28H28ClNO3/c1-3-10-21(4-2)22-15-17-24(18-16-22)28(23-11-6-5-7-12-23,33-27(32)19-30-20-31)25-13-8-9-14-26(25)29/h4-9,11-18,20H,3,10,19H2,1-2H3,(H,30,31)/b21-4+. The third-order valence-electron chi connectivity index (χ3n) is 5.56. The van der Waals surface area contributed by atoms with E-state index in [1.165, 1.54) is 5.57 Å². The van der Waals surface area contributed by atoms with E-state index in [2.05, 4.69) is 18.3 Å². The highest BCUT2D eigenvalue weighted by atomic mass is 35.5. The second-order valence-electron chi connectivity index (χ2n) is 7.64. The zero-order valence-electron chi connectivity index (χ0n) is 18.9. The van der Waals surface area contributed by atoms with Gasteiger partial charge in [-0.15, -0.1) is 0 Å². The van der Waals surface area contributed by atoms with E-state index in [1.54, 1.807) is 6.07 Å². The molecule has 0 heterocycles. The lowest BCUT2D eigenvalue weighted by Gasteiger charge is -2.36. The van der Waals surface area contributed by atoms with Crippen LogP contribution in [0.1, 0.15) is 48.9 Å². The fourth-order valence-electron chi connectivity index (χ4n) is 4.05. The molecule has 0 radical (unpaired) electrons. The van der Waals surface area contributed by atoms with Crippen LogP contribution in [0.2, 0.25) is 5.02 Å². The zero-order chi connectivity index (χ0) is 23.7. The van der Waals surface area contributed by atoms with Crippen molar-refractivity contribution >= 4 is 29.6 Å². The quantitative estimate of drug-likeness (QED) is 0.224. The first kappa shape index (κ1) is 24.3. The minimum absolute atomic E-state index is 0.250. The molecule has 1 atom stereocenters. The Morgan fingerprint density at radius 2 is 1.61 bits per heavy atom. The smallest absolute Gasteiger partial charge is 0.326 e. The first-order chi connectivity index (χ1) is 16.1. The highest BCUT2D eigenvalue weighted by molar-refractivity contribution is 6.31. The second-order valence-corrected chi connectivity index (χ2v) is 8.05. The number of benzene rings is 3. The highest BCUT2D eigenvalue weighted by Crippen LogP contribution is 2.43. The summed E-state index contributed by atoms with van der Waals surface area (Å²) in [6.07, 6.45) is 4.64. The summed E-state index contributed by atoms with van der Waals surface area (Å²) in [6.45, 7) is 3.95. The largest absolute Gasteiger partial charge is 0.443 e. The number of hydrogen-bond donors (Lipinski definition) is 1. The minimum atomic E-state index is -1.29. The number of carbonyl (C=O) groups is 2. The number of ether oxygens (including phenoxy) is 1. The number of nitrogens with one attached hydrogen (secondary N) is 1. The van der Waals surface area contributed by atoms with Gasteiger partial charge in [0.1, 0.15) is 6.54 Å². The molecule has 0 saturated heterocycles. The zero-order valence-corrected chi connectivity index (χ0v) is 19.6. The summed E-state index contributed by atoms with van der Waals surface area (Å²) in [5.41, 5.74) is 3.25. The van der Waals surface area contributed by atoms with Gasteiger partial charge in [-0.2, -0.15) is 0 Å². The number of halogens is 1. The Bertz CT molecular complexity index is 1110. The van der Waals surface area contributed by atoms with Crippen LogP contribution >= 0.6 is 11.6 Å². The van der Waals surface area contributed by atoms with Crippen molar-refractivity contribution in [3.05, 3.63) is 112 Å². The van der Waals surface area contributed by atoms with Crippen LogP contribution in [0.15, 0.2) is 84.9 Å². The summed E-state index contributed by atoms with van der Waals surface area (Å²) in [7, 11) is 0. The van der Waals surface area contributed by atoms with E-state index >= 15 is 0 Å². The monoisotopic (exact) mass is 461 g/mol. The van der Waals surface area contributed by atoms with Gasteiger partial charge in [-0.05, 0) is 30.5 Å². The molecule has 0 spiro atoms. The molecule has 0 saturated carbocycles. The van der Waals surface area contributed by atoms with E-state index in [1.807, 2.05) is 79.7 Å². The van der Waals surface area contributed by atoms with Crippen molar-refractivity contribution in [3.8, 4) is 0 Å². The van der Waals surface area contributed by atoms with Crippen LogP contribution in [0.4, 0.5) is 0 Å². The number of hydrogen-bond acceptors (Lipinski definition) is 3. The molecule has 170 valence electrons. The molecule has 1 unspecified atom stereocenters. The first-order valence-electron chi connectivity index (χ1n) is 11.0. The van der Waals surface area contributed by atoms with Crippen molar-refractivity contribution in [1.82, 2.24) is 5.32 Å². The molecule has 3 aromatic rings. The normalized spacial score (nSPS) is 13.1. The molecule has 0 aromatic heterocycles. The van der Waals surface area contributed by atoms with Gasteiger partial charge >= 0.3 is 5.97 Å². The van der Waals surface area contributed by atoms with Crippen LogP contribution in [0.3, 0.4) is 0 Å². The number of esters is 1. The molecule has 0 aliphatic carbocycles. The van der Waals surface area contributed by atoms with Crippen molar-refractivity contribution in [2.24, 2.45) is 0 Å². The topological polar surface area (TPSA) is 55.4 Å². The highest BCUT2D eigenvalue weighted by Gasteiger charge is 2.42. The molecule has 5 heteroatoms. The van der Waals surface area contributed by atoms with Crippen LogP contribution in [0.25, 0.3) is 5.57 Å². The number of rotatable bonds is 10. The molecule has 1 N–H and O–H groups in total. The molecule has 3 aromatic carbocycles. The van der Waals surface area contributed by atoms with Crippen molar-refractivity contribution in [2.45, 2.75) is 32.3 Å². The van der Waals surface area contributed by atoms with Crippen LogP contribution in [0, 0.1) is 0 Å². The lowest BCUT2D eigenvalue weighted by Crippen LogP contribution is -2.38. The van der Waals surface area contributed by atoms with E-state index < -0.39 is 11.6 Å². The molecular formula is C28H28ClNO3. The minimum Gasteiger partial charge on any atom is -0.443 e. The predicted molar refractivity (Wildman–Crippen MR) is 133 cm³/mol. The van der Waals surface area contributed by atoms with Gasteiger partial charge in [-0.3, -0.25) is 9.59 Å². The molecule has 0 aliphatic rings. The van der Waals surface area contributed by atoms with Gasteiger partial charge in [0.05, 0.1) is 0 Å². The maximum absolute atomic E-state index is 12.9. The third kappa shape index (κ3) is 5.35. The second kappa shape index (κ2) is 11.5. The lowest BCUT2D eigenvalue weighted by molar-refractivity contribution is -0.152. The summed E-state index contributed by atoms with van der Waals surface area (Å²) >= 11 is 6.67. The lowest BCUT2D eigenvalue weighted by atomic mass is 9.79. The van der Waals surface area contributed by atoms with E-state index in [0.29, 0.717) is 17.0 Å². The Labute approximate surface area is 200 Å². The van der Waals surface area contributed by atoms with Gasteiger partial charge in [0.25, 0.3) is 0 Å². The third-order valence-corrected chi connectivity index (χ3v) is 5.89. The van der Waals surface area contributed by atoms with E-state index in [9.17, 15) is 9.59 Å². The van der Waals surface area contributed by atoms with Gasteiger partial charge in [0, 0.05) is 21.7 Å². The van der Waals surface area contributed by atoms with Gasteiger partial charge in [-0.1, -0.05) is 104 Å². The average molecular weight is 462 g/mol. The number of carbonyl (C=O) groups excluding carboxylic acids is 2.